The predicted octanol–water partition coefficient (Wildman–Crippen LogP) is 2.32. The molecule has 2 aromatic rings. The highest BCUT2D eigenvalue weighted by Crippen LogP contribution is 2.20. The van der Waals surface area contributed by atoms with Crippen molar-refractivity contribution in [3.8, 4) is 11.5 Å². The van der Waals surface area contributed by atoms with Gasteiger partial charge in [-0.15, -0.1) is 0 Å². The van der Waals surface area contributed by atoms with Gasteiger partial charge in [0.1, 0.15) is 0 Å². The van der Waals surface area contributed by atoms with Crippen LogP contribution in [0.25, 0.3) is 11.5 Å². The zero-order valence-corrected chi connectivity index (χ0v) is 9.47. The third kappa shape index (κ3) is 2.12. The molecule has 1 aromatic heterocycles. The molecule has 0 bridgehead atoms. The lowest BCUT2D eigenvalue weighted by Crippen LogP contribution is -1.95. The Morgan fingerprint density at radius 1 is 1.25 bits per heavy atom. The van der Waals surface area contributed by atoms with Crippen LogP contribution < -0.4 is 5.73 Å². The van der Waals surface area contributed by atoms with Crippen molar-refractivity contribution in [1.82, 2.24) is 10.1 Å². The van der Waals surface area contributed by atoms with Gasteiger partial charge in [-0.1, -0.05) is 31.1 Å². The molecule has 0 fully saturated rings. The van der Waals surface area contributed by atoms with Gasteiger partial charge < -0.3 is 10.3 Å². The lowest BCUT2D eigenvalue weighted by Gasteiger charge is -1.97. The van der Waals surface area contributed by atoms with E-state index in [1.54, 1.807) is 0 Å². The van der Waals surface area contributed by atoms with E-state index < -0.39 is 0 Å². The van der Waals surface area contributed by atoms with Gasteiger partial charge >= 0.3 is 0 Å². The Kier molecular flexibility index (Phi) is 3.01. The summed E-state index contributed by atoms with van der Waals surface area (Å²) >= 11 is 0. The van der Waals surface area contributed by atoms with Crippen LogP contribution in [0.3, 0.4) is 0 Å². The second-order valence-electron chi connectivity index (χ2n) is 4.01. The first-order valence-electron chi connectivity index (χ1n) is 5.33. The lowest BCUT2D eigenvalue weighted by atomic mass is 10.1. The molecule has 0 aliphatic carbocycles. The second kappa shape index (κ2) is 4.45. The van der Waals surface area contributed by atoms with Gasteiger partial charge in [0.2, 0.25) is 0 Å². The monoisotopic (exact) mass is 217 g/mol. The van der Waals surface area contributed by atoms with Crippen LogP contribution in [0.4, 0.5) is 0 Å². The Morgan fingerprint density at radius 3 is 2.44 bits per heavy atom. The molecule has 0 spiro atoms. The SMILES string of the molecule is CC(C)c1noc(-c2ccc(CN)cc2)n1. The maximum atomic E-state index is 5.53. The molecule has 0 amide bonds. The summed E-state index contributed by atoms with van der Waals surface area (Å²) in [6.45, 7) is 4.61. The van der Waals surface area contributed by atoms with Crippen LogP contribution in [0.2, 0.25) is 0 Å². The van der Waals surface area contributed by atoms with Gasteiger partial charge in [0, 0.05) is 18.0 Å². The summed E-state index contributed by atoms with van der Waals surface area (Å²) in [5, 5.41) is 3.92. The molecule has 0 saturated carbocycles. The van der Waals surface area contributed by atoms with Crippen molar-refractivity contribution in [3.63, 3.8) is 0 Å². The van der Waals surface area contributed by atoms with Gasteiger partial charge in [-0.2, -0.15) is 4.98 Å². The molecule has 2 rings (SSSR count). The Morgan fingerprint density at radius 2 is 1.94 bits per heavy atom. The maximum Gasteiger partial charge on any atom is 0.257 e. The highest BCUT2D eigenvalue weighted by atomic mass is 16.5. The number of aromatic nitrogens is 2. The molecule has 16 heavy (non-hydrogen) atoms. The number of benzene rings is 1. The molecule has 0 unspecified atom stereocenters. The highest BCUT2D eigenvalue weighted by Gasteiger charge is 2.10. The summed E-state index contributed by atoms with van der Waals surface area (Å²) in [5.41, 5.74) is 7.55. The average Bonchev–Trinajstić information content (AvgIpc) is 2.78. The number of hydrogen-bond acceptors (Lipinski definition) is 4. The van der Waals surface area contributed by atoms with E-state index in [1.807, 2.05) is 38.1 Å². The van der Waals surface area contributed by atoms with Crippen LogP contribution in [0.1, 0.15) is 31.2 Å². The Balaban J connectivity index is 2.28. The molecule has 84 valence electrons. The first-order valence-corrected chi connectivity index (χ1v) is 5.33. The summed E-state index contributed by atoms with van der Waals surface area (Å²) in [6, 6.07) is 7.82. The second-order valence-corrected chi connectivity index (χ2v) is 4.01. The molecule has 2 N–H and O–H groups in total. The van der Waals surface area contributed by atoms with Gasteiger partial charge in [-0.3, -0.25) is 0 Å². The average molecular weight is 217 g/mol. The highest BCUT2D eigenvalue weighted by molar-refractivity contribution is 5.53. The summed E-state index contributed by atoms with van der Waals surface area (Å²) in [6.07, 6.45) is 0. The third-order valence-electron chi connectivity index (χ3n) is 2.39. The van der Waals surface area contributed by atoms with Crippen molar-refractivity contribution in [3.05, 3.63) is 35.7 Å². The van der Waals surface area contributed by atoms with Crippen molar-refractivity contribution in [1.29, 1.82) is 0 Å². The summed E-state index contributed by atoms with van der Waals surface area (Å²) in [4.78, 5) is 4.33. The van der Waals surface area contributed by atoms with Crippen molar-refractivity contribution >= 4 is 0 Å². The molecular formula is C12H15N3O. The topological polar surface area (TPSA) is 64.9 Å². The van der Waals surface area contributed by atoms with Crippen LogP contribution in [-0.4, -0.2) is 10.1 Å². The molecule has 1 aromatic carbocycles. The number of nitrogens with two attached hydrogens (primary N) is 1. The number of hydrogen-bond donors (Lipinski definition) is 1. The van der Waals surface area contributed by atoms with E-state index in [1.165, 1.54) is 0 Å². The Hall–Kier alpha value is -1.68. The normalized spacial score (nSPS) is 11.0. The van der Waals surface area contributed by atoms with E-state index in [9.17, 15) is 0 Å². The molecule has 0 atom stereocenters. The van der Waals surface area contributed by atoms with E-state index in [-0.39, 0.29) is 5.92 Å². The first kappa shape index (κ1) is 10.8. The molecule has 0 aliphatic rings. The van der Waals surface area contributed by atoms with Crippen LogP contribution in [0, 0.1) is 0 Å². The van der Waals surface area contributed by atoms with Crippen molar-refractivity contribution in [2.75, 3.05) is 0 Å². The van der Waals surface area contributed by atoms with Crippen molar-refractivity contribution in [2.24, 2.45) is 5.73 Å². The fraction of sp³-hybridized carbons (Fsp3) is 0.333. The molecule has 4 nitrogen and oxygen atoms in total. The molecule has 0 radical (unpaired) electrons. The minimum Gasteiger partial charge on any atom is -0.334 e. The van der Waals surface area contributed by atoms with Gasteiger partial charge in [0.15, 0.2) is 5.82 Å². The van der Waals surface area contributed by atoms with Gasteiger partial charge in [-0.05, 0) is 17.7 Å². The van der Waals surface area contributed by atoms with E-state index in [4.69, 9.17) is 10.3 Å². The van der Waals surface area contributed by atoms with Gasteiger partial charge in [0.05, 0.1) is 0 Å². The first-order chi connectivity index (χ1) is 7.70. The van der Waals surface area contributed by atoms with Gasteiger partial charge in [0.25, 0.3) is 5.89 Å². The zero-order chi connectivity index (χ0) is 11.5. The van der Waals surface area contributed by atoms with E-state index in [0.717, 1.165) is 17.0 Å². The van der Waals surface area contributed by atoms with Crippen LogP contribution in [0.5, 0.6) is 0 Å². The van der Waals surface area contributed by atoms with Gasteiger partial charge in [-0.25, -0.2) is 0 Å². The van der Waals surface area contributed by atoms with Crippen LogP contribution in [0.15, 0.2) is 28.8 Å². The molecular weight excluding hydrogens is 202 g/mol. The van der Waals surface area contributed by atoms with E-state index >= 15 is 0 Å². The number of rotatable bonds is 3. The molecule has 0 saturated heterocycles. The molecule has 4 heteroatoms. The number of nitrogens with zero attached hydrogens (tertiary/aromatic N) is 2. The Labute approximate surface area is 94.5 Å². The molecule has 1 heterocycles. The molecule has 0 aliphatic heterocycles. The lowest BCUT2D eigenvalue weighted by molar-refractivity contribution is 0.419. The van der Waals surface area contributed by atoms with E-state index in [2.05, 4.69) is 10.1 Å². The van der Waals surface area contributed by atoms with E-state index in [0.29, 0.717) is 12.4 Å². The fourth-order valence-corrected chi connectivity index (χ4v) is 1.37. The third-order valence-corrected chi connectivity index (χ3v) is 2.39. The standard InChI is InChI=1S/C12H15N3O/c1-8(2)11-14-12(16-15-11)10-5-3-9(7-13)4-6-10/h3-6,8H,7,13H2,1-2H3. The van der Waals surface area contributed by atoms with Crippen LogP contribution >= 0.6 is 0 Å². The largest absolute Gasteiger partial charge is 0.334 e. The Bertz CT molecular complexity index is 459. The fourth-order valence-electron chi connectivity index (χ4n) is 1.37. The van der Waals surface area contributed by atoms with Crippen molar-refractivity contribution in [2.45, 2.75) is 26.3 Å². The minimum atomic E-state index is 0.279. The predicted molar refractivity (Wildman–Crippen MR) is 61.7 cm³/mol. The van der Waals surface area contributed by atoms with Crippen molar-refractivity contribution < 1.29 is 4.52 Å². The summed E-state index contributed by atoms with van der Waals surface area (Å²) < 4.78 is 5.19. The summed E-state index contributed by atoms with van der Waals surface area (Å²) in [7, 11) is 0. The quantitative estimate of drug-likeness (QED) is 0.856. The van der Waals surface area contributed by atoms with Crippen LogP contribution in [-0.2, 0) is 6.54 Å². The maximum absolute atomic E-state index is 5.53. The smallest absolute Gasteiger partial charge is 0.257 e. The zero-order valence-electron chi connectivity index (χ0n) is 9.47. The summed E-state index contributed by atoms with van der Waals surface area (Å²) in [5.74, 6) is 1.57. The minimum absolute atomic E-state index is 0.279.